The van der Waals surface area contributed by atoms with Crippen LogP contribution in [0, 0.1) is 0 Å². The first kappa shape index (κ1) is 20.4. The van der Waals surface area contributed by atoms with E-state index in [2.05, 4.69) is 40.1 Å². The fraction of sp³-hybridized carbons (Fsp3) is 0.458. The summed E-state index contributed by atoms with van der Waals surface area (Å²) in [5.41, 5.74) is 5.29. The average Bonchev–Trinajstić information content (AvgIpc) is 3.55. The number of likely N-dealkylation sites (tertiary alicyclic amines) is 1. The Morgan fingerprint density at radius 3 is 2.84 bits per heavy atom. The number of benzene rings is 1. The number of carbonyl (C=O) groups excluding carboxylic acids is 1. The number of hydrogen-bond acceptors (Lipinski definition) is 5. The van der Waals surface area contributed by atoms with Gasteiger partial charge in [-0.2, -0.15) is 5.10 Å². The minimum Gasteiger partial charge on any atom is -0.337 e. The maximum absolute atomic E-state index is 13.0. The van der Waals surface area contributed by atoms with Crippen LogP contribution < -0.4 is 5.32 Å². The Balaban J connectivity index is 1.20. The van der Waals surface area contributed by atoms with Crippen LogP contribution in [0.15, 0.2) is 35.7 Å². The molecule has 31 heavy (non-hydrogen) atoms. The van der Waals surface area contributed by atoms with Crippen LogP contribution in [0.5, 0.6) is 0 Å². The zero-order valence-electron chi connectivity index (χ0n) is 18.0. The van der Waals surface area contributed by atoms with Crippen molar-refractivity contribution in [2.45, 2.75) is 44.6 Å². The van der Waals surface area contributed by atoms with Gasteiger partial charge in [-0.15, -0.1) is 11.3 Å². The minimum absolute atomic E-state index is 0.117. The van der Waals surface area contributed by atoms with Crippen molar-refractivity contribution in [3.63, 3.8) is 0 Å². The third-order valence-electron chi connectivity index (χ3n) is 6.44. The number of aryl methyl sites for hydroxylation is 1. The smallest absolute Gasteiger partial charge is 0.274 e. The number of amides is 1. The third-order valence-corrected chi connectivity index (χ3v) is 7.35. The van der Waals surface area contributed by atoms with E-state index in [4.69, 9.17) is 4.98 Å². The number of fused-ring (bicyclic) bond motifs is 1. The van der Waals surface area contributed by atoms with Gasteiger partial charge >= 0.3 is 0 Å². The highest BCUT2D eigenvalue weighted by Crippen LogP contribution is 2.26. The van der Waals surface area contributed by atoms with Gasteiger partial charge in [-0.1, -0.05) is 30.3 Å². The topological polar surface area (TPSA) is 63.1 Å². The van der Waals surface area contributed by atoms with Crippen molar-refractivity contribution in [3.05, 3.63) is 57.7 Å². The molecule has 3 aromatic rings. The van der Waals surface area contributed by atoms with Gasteiger partial charge in [0.15, 0.2) is 5.69 Å². The van der Waals surface area contributed by atoms with Gasteiger partial charge in [-0.3, -0.25) is 9.48 Å². The highest BCUT2D eigenvalue weighted by Gasteiger charge is 2.31. The maximum atomic E-state index is 13.0. The Morgan fingerprint density at radius 1 is 1.23 bits per heavy atom. The second-order valence-electron chi connectivity index (χ2n) is 8.53. The lowest BCUT2D eigenvalue weighted by Crippen LogP contribution is -2.37. The Bertz CT molecular complexity index is 1050. The van der Waals surface area contributed by atoms with Gasteiger partial charge in [0, 0.05) is 61.3 Å². The highest BCUT2D eigenvalue weighted by atomic mass is 32.1. The summed E-state index contributed by atoms with van der Waals surface area (Å²) in [4.78, 5) is 19.7. The molecule has 0 unspecified atom stereocenters. The van der Waals surface area contributed by atoms with Crippen LogP contribution in [-0.2, 0) is 26.3 Å². The van der Waals surface area contributed by atoms with Gasteiger partial charge in [-0.05, 0) is 32.1 Å². The molecule has 0 spiro atoms. The summed E-state index contributed by atoms with van der Waals surface area (Å²) in [5.74, 6) is 0.117. The van der Waals surface area contributed by atoms with Crippen molar-refractivity contribution < 1.29 is 4.79 Å². The van der Waals surface area contributed by atoms with Crippen molar-refractivity contribution in [3.8, 4) is 11.3 Å². The molecule has 1 atom stereocenters. The Labute approximate surface area is 187 Å². The number of nitrogens with zero attached hydrogens (tertiary/aromatic N) is 4. The summed E-state index contributed by atoms with van der Waals surface area (Å²) >= 11 is 1.73. The largest absolute Gasteiger partial charge is 0.337 e. The quantitative estimate of drug-likeness (QED) is 0.644. The summed E-state index contributed by atoms with van der Waals surface area (Å²) in [6.07, 6.45) is 6.07. The van der Waals surface area contributed by atoms with Crippen LogP contribution in [0.4, 0.5) is 0 Å². The molecule has 1 amide bonds. The lowest BCUT2D eigenvalue weighted by molar-refractivity contribution is 0.0785. The molecule has 6 nitrogen and oxygen atoms in total. The van der Waals surface area contributed by atoms with Crippen molar-refractivity contribution in [1.82, 2.24) is 25.0 Å². The first-order chi connectivity index (χ1) is 15.2. The molecular formula is C24H29N5OS. The maximum Gasteiger partial charge on any atom is 0.274 e. The molecule has 0 saturated carbocycles. The van der Waals surface area contributed by atoms with Crippen molar-refractivity contribution in [1.29, 1.82) is 0 Å². The van der Waals surface area contributed by atoms with E-state index in [1.165, 1.54) is 11.3 Å². The SMILES string of the molecule is Cn1nc(C(=O)N2CCCC2)c2c1CC[C@H](NCCc1nc(-c3ccccc3)cs1)C2. The van der Waals surface area contributed by atoms with E-state index in [1.54, 1.807) is 11.3 Å². The normalized spacial score (nSPS) is 18.4. The molecule has 1 N–H and O–H groups in total. The second-order valence-corrected chi connectivity index (χ2v) is 9.48. The average molecular weight is 436 g/mol. The molecule has 0 bridgehead atoms. The van der Waals surface area contributed by atoms with Crippen LogP contribution in [-0.4, -0.2) is 51.2 Å². The number of carbonyl (C=O) groups is 1. The van der Waals surface area contributed by atoms with Crippen molar-refractivity contribution >= 4 is 17.2 Å². The predicted octanol–water partition coefficient (Wildman–Crippen LogP) is 3.47. The Morgan fingerprint density at radius 2 is 2.03 bits per heavy atom. The molecular weight excluding hydrogens is 406 g/mol. The summed E-state index contributed by atoms with van der Waals surface area (Å²) in [6.45, 7) is 2.63. The summed E-state index contributed by atoms with van der Waals surface area (Å²) in [7, 11) is 1.97. The van der Waals surface area contributed by atoms with E-state index in [-0.39, 0.29) is 5.91 Å². The Kier molecular flexibility index (Phi) is 5.87. The molecule has 5 rings (SSSR count). The molecule has 1 aromatic carbocycles. The van der Waals surface area contributed by atoms with Gasteiger partial charge < -0.3 is 10.2 Å². The molecule has 7 heteroatoms. The molecule has 3 heterocycles. The predicted molar refractivity (Wildman–Crippen MR) is 123 cm³/mol. The van der Waals surface area contributed by atoms with Gasteiger partial charge in [0.05, 0.1) is 10.7 Å². The molecule has 1 saturated heterocycles. The first-order valence-corrected chi connectivity index (χ1v) is 12.1. The van der Waals surface area contributed by atoms with E-state index in [9.17, 15) is 4.79 Å². The van der Waals surface area contributed by atoms with Gasteiger partial charge in [0.25, 0.3) is 5.91 Å². The first-order valence-electron chi connectivity index (χ1n) is 11.3. The zero-order valence-corrected chi connectivity index (χ0v) is 18.8. The summed E-state index contributed by atoms with van der Waals surface area (Å²) < 4.78 is 1.93. The van der Waals surface area contributed by atoms with E-state index in [1.807, 2.05) is 22.7 Å². The molecule has 2 aliphatic rings. The van der Waals surface area contributed by atoms with Crippen molar-refractivity contribution in [2.24, 2.45) is 7.05 Å². The monoisotopic (exact) mass is 435 g/mol. The third kappa shape index (κ3) is 4.29. The second kappa shape index (κ2) is 8.93. The highest BCUT2D eigenvalue weighted by molar-refractivity contribution is 7.09. The lowest BCUT2D eigenvalue weighted by atomic mass is 9.91. The van der Waals surface area contributed by atoms with Gasteiger partial charge in [-0.25, -0.2) is 4.98 Å². The van der Waals surface area contributed by atoms with Crippen LogP contribution >= 0.6 is 11.3 Å². The van der Waals surface area contributed by atoms with Crippen LogP contribution in [0.3, 0.4) is 0 Å². The number of aromatic nitrogens is 3. The summed E-state index contributed by atoms with van der Waals surface area (Å²) in [6, 6.07) is 10.7. The Hall–Kier alpha value is -2.51. The number of hydrogen-bond donors (Lipinski definition) is 1. The van der Waals surface area contributed by atoms with Crippen LogP contribution in [0.25, 0.3) is 11.3 Å². The molecule has 162 valence electrons. The fourth-order valence-corrected chi connectivity index (χ4v) is 5.56. The number of nitrogens with one attached hydrogen (secondary N) is 1. The number of rotatable bonds is 6. The molecule has 0 radical (unpaired) electrons. The zero-order chi connectivity index (χ0) is 21.2. The molecule has 1 aliphatic heterocycles. The molecule has 2 aromatic heterocycles. The van der Waals surface area contributed by atoms with Crippen LogP contribution in [0.1, 0.15) is 46.0 Å². The van der Waals surface area contributed by atoms with Gasteiger partial charge in [0.2, 0.25) is 0 Å². The van der Waals surface area contributed by atoms with E-state index in [0.717, 1.165) is 74.4 Å². The minimum atomic E-state index is 0.117. The van der Waals surface area contributed by atoms with E-state index < -0.39 is 0 Å². The lowest BCUT2D eigenvalue weighted by Gasteiger charge is -2.24. The molecule has 1 fully saturated rings. The number of thiazole rings is 1. The van der Waals surface area contributed by atoms with Crippen molar-refractivity contribution in [2.75, 3.05) is 19.6 Å². The summed E-state index contributed by atoms with van der Waals surface area (Å²) in [5, 5.41) is 11.6. The molecule has 1 aliphatic carbocycles. The van der Waals surface area contributed by atoms with E-state index >= 15 is 0 Å². The van der Waals surface area contributed by atoms with E-state index in [0.29, 0.717) is 11.7 Å². The fourth-order valence-electron chi connectivity index (χ4n) is 4.76. The standard InChI is InChI=1S/C24H29N5OS/c1-28-21-10-9-18(15-19(21)23(27-28)24(30)29-13-5-6-14-29)25-12-11-22-26-20(16-31-22)17-7-3-2-4-8-17/h2-4,7-8,16,18,25H,5-6,9-15H2,1H3/t18-/m0/s1. The van der Waals surface area contributed by atoms with Crippen LogP contribution in [0.2, 0.25) is 0 Å². The van der Waals surface area contributed by atoms with Gasteiger partial charge in [0.1, 0.15) is 0 Å².